The second-order valence-electron chi connectivity index (χ2n) is 9.56. The second-order valence-corrected chi connectivity index (χ2v) is 9.56. The highest BCUT2D eigenvalue weighted by atomic mass is 16.5. The first-order valence-electron chi connectivity index (χ1n) is 13.0. The average molecular weight is 575 g/mol. The molecule has 7 aromatic rings. The van der Waals surface area contributed by atoms with Crippen LogP contribution in [0.3, 0.4) is 0 Å². The number of rotatable bonds is 7. The smallest absolute Gasteiger partial charge is 0.330 e. The molecule has 43 heavy (non-hydrogen) atoms. The lowest BCUT2D eigenvalue weighted by Gasteiger charge is -2.14. The molecule has 4 aromatic carbocycles. The highest BCUT2D eigenvalue weighted by Gasteiger charge is 2.16. The third-order valence-corrected chi connectivity index (χ3v) is 6.30. The molecule has 0 saturated carbocycles. The molecule has 7 rings (SSSR count). The summed E-state index contributed by atoms with van der Waals surface area (Å²) in [7, 11) is 3.51. The summed E-state index contributed by atoms with van der Waals surface area (Å²) in [5, 5.41) is 39.0. The molecule has 0 radical (unpaired) electrons. The van der Waals surface area contributed by atoms with E-state index in [0.29, 0.717) is 33.4 Å². The van der Waals surface area contributed by atoms with Gasteiger partial charge in [-0.25, -0.2) is 0 Å². The molecule has 0 fully saturated rings. The molecule has 0 amide bonds. The maximum atomic E-state index is 10.7. The number of hydrogen-bond acceptors (Lipinski definition) is 12. The molecule has 0 spiro atoms. The van der Waals surface area contributed by atoms with Crippen molar-refractivity contribution >= 4 is 28.0 Å². The van der Waals surface area contributed by atoms with Gasteiger partial charge in [-0.05, 0) is 48.5 Å². The Morgan fingerprint density at radius 2 is 0.953 bits per heavy atom. The summed E-state index contributed by atoms with van der Waals surface area (Å²) >= 11 is 0. The quantitative estimate of drug-likeness (QED) is 0.276. The number of ether oxygens (including phenoxy) is 2. The highest BCUT2D eigenvalue weighted by molar-refractivity contribution is 5.74. The van der Waals surface area contributed by atoms with Crippen LogP contribution in [0.4, 0.5) is 5.95 Å². The van der Waals surface area contributed by atoms with Crippen LogP contribution in [0, 0.1) is 0 Å². The Bertz CT molecular complexity index is 1910. The van der Waals surface area contributed by atoms with Crippen molar-refractivity contribution in [3.63, 3.8) is 0 Å². The van der Waals surface area contributed by atoms with E-state index < -0.39 is 0 Å². The molecule has 2 N–H and O–H groups in total. The Labute approximate surface area is 243 Å². The third kappa shape index (κ3) is 5.04. The Kier molecular flexibility index (Phi) is 6.12. The van der Waals surface area contributed by atoms with Gasteiger partial charge in [0.15, 0.2) is 0 Å². The zero-order chi connectivity index (χ0) is 29.5. The maximum absolute atomic E-state index is 10.7. The van der Waals surface area contributed by atoms with E-state index in [-0.39, 0.29) is 41.0 Å². The number of benzene rings is 4. The maximum Gasteiger partial charge on any atom is 0.330 e. The number of phenols is 2. The van der Waals surface area contributed by atoms with Crippen molar-refractivity contribution < 1.29 is 19.7 Å². The van der Waals surface area contributed by atoms with E-state index in [4.69, 9.17) is 9.47 Å². The molecule has 212 valence electrons. The van der Waals surface area contributed by atoms with Crippen LogP contribution in [-0.4, -0.2) is 69.2 Å². The molecule has 0 aliphatic rings. The first-order valence-corrected chi connectivity index (χ1v) is 13.0. The van der Waals surface area contributed by atoms with Gasteiger partial charge in [0, 0.05) is 26.2 Å². The van der Waals surface area contributed by atoms with Gasteiger partial charge in [-0.1, -0.05) is 24.3 Å². The molecular weight excluding hydrogens is 552 g/mol. The summed E-state index contributed by atoms with van der Waals surface area (Å²) in [4.78, 5) is 17.3. The summed E-state index contributed by atoms with van der Waals surface area (Å²) in [5.41, 5.74) is 3.55. The number of hydrogen-bond donors (Lipinski definition) is 2. The van der Waals surface area contributed by atoms with Crippen LogP contribution >= 0.6 is 0 Å². The number of anilines is 1. The molecule has 3 heterocycles. The molecule has 0 aliphatic heterocycles. The van der Waals surface area contributed by atoms with Gasteiger partial charge in [0.05, 0.1) is 0 Å². The van der Waals surface area contributed by atoms with Gasteiger partial charge >= 0.3 is 12.0 Å². The van der Waals surface area contributed by atoms with Crippen molar-refractivity contribution in [3.05, 3.63) is 84.9 Å². The van der Waals surface area contributed by atoms with Crippen molar-refractivity contribution in [2.75, 3.05) is 19.0 Å². The van der Waals surface area contributed by atoms with Crippen LogP contribution in [0.25, 0.3) is 33.4 Å². The minimum absolute atomic E-state index is 0.0722. The number of aromatic hydroxyl groups is 2. The van der Waals surface area contributed by atoms with Crippen LogP contribution in [0.2, 0.25) is 0 Å². The fourth-order valence-electron chi connectivity index (χ4n) is 4.24. The Balaban J connectivity index is 1.14. The minimum Gasteiger partial charge on any atom is -0.505 e. The van der Waals surface area contributed by atoms with Gasteiger partial charge < -0.3 is 24.6 Å². The Morgan fingerprint density at radius 1 is 0.558 bits per heavy atom. The van der Waals surface area contributed by atoms with E-state index in [1.807, 2.05) is 48.5 Å². The molecule has 0 saturated heterocycles. The summed E-state index contributed by atoms with van der Waals surface area (Å²) in [6.45, 7) is 0. The topological polar surface area (TPSA) is 162 Å². The van der Waals surface area contributed by atoms with Crippen molar-refractivity contribution in [1.29, 1.82) is 0 Å². The Hall–Kier alpha value is -6.31. The second kappa shape index (κ2) is 10.3. The molecule has 0 bridgehead atoms. The van der Waals surface area contributed by atoms with Crippen molar-refractivity contribution in [3.8, 4) is 46.4 Å². The van der Waals surface area contributed by atoms with E-state index in [0.717, 1.165) is 0 Å². The van der Waals surface area contributed by atoms with Gasteiger partial charge in [-0.15, -0.1) is 35.0 Å². The minimum atomic E-state index is -0.105. The van der Waals surface area contributed by atoms with Crippen LogP contribution < -0.4 is 14.4 Å². The summed E-state index contributed by atoms with van der Waals surface area (Å²) < 4.78 is 11.7. The lowest BCUT2D eigenvalue weighted by atomic mass is 10.3. The normalized spacial score (nSPS) is 11.2. The standard InChI is InChI=1S/C29H22N10O4/c1-37(2)27-30-28(42-17-11-13-23(25(40)15-17)38-33-19-7-3-4-8-20(19)34-38)32-29(31-27)43-18-12-14-24(26(41)16-18)39-35-21-9-5-6-10-22(21)36-39/h3-16,40-41H,1-2H3. The average Bonchev–Trinajstić information content (AvgIpc) is 3.61. The van der Waals surface area contributed by atoms with E-state index in [1.54, 1.807) is 43.3 Å². The summed E-state index contributed by atoms with van der Waals surface area (Å²) in [6.07, 6.45) is 0. The SMILES string of the molecule is CN(C)c1nc(Oc2ccc(-n3nc4ccccc4n3)c(O)c2)nc(Oc2ccc(-n3nc4ccccc4n3)c(O)c2)n1. The van der Waals surface area contributed by atoms with E-state index >= 15 is 0 Å². The number of fused-ring (bicyclic) bond motifs is 2. The van der Waals surface area contributed by atoms with Crippen LogP contribution in [0.5, 0.6) is 35.0 Å². The zero-order valence-corrected chi connectivity index (χ0v) is 22.8. The molecule has 0 unspecified atom stereocenters. The van der Waals surface area contributed by atoms with Gasteiger partial charge in [-0.2, -0.15) is 9.97 Å². The van der Waals surface area contributed by atoms with Gasteiger partial charge in [-0.3, -0.25) is 0 Å². The molecule has 3 aromatic heterocycles. The van der Waals surface area contributed by atoms with E-state index in [1.165, 1.54) is 21.7 Å². The third-order valence-electron chi connectivity index (χ3n) is 6.30. The van der Waals surface area contributed by atoms with E-state index in [2.05, 4.69) is 35.3 Å². The van der Waals surface area contributed by atoms with Gasteiger partial charge in [0.2, 0.25) is 5.95 Å². The zero-order valence-electron chi connectivity index (χ0n) is 22.8. The molecular formula is C29H22N10O4. The van der Waals surface area contributed by atoms with Crippen molar-refractivity contribution in [1.82, 2.24) is 44.9 Å². The number of nitrogens with zero attached hydrogens (tertiary/aromatic N) is 10. The summed E-state index contributed by atoms with van der Waals surface area (Å²) in [5.74, 6) is 0.584. The highest BCUT2D eigenvalue weighted by Crippen LogP contribution is 2.32. The lowest BCUT2D eigenvalue weighted by molar-refractivity contribution is 0.392. The predicted molar refractivity (Wildman–Crippen MR) is 155 cm³/mol. The number of phenolic OH excluding ortho intramolecular Hbond substituents is 2. The van der Waals surface area contributed by atoms with Crippen LogP contribution in [0.15, 0.2) is 84.9 Å². The summed E-state index contributed by atoms with van der Waals surface area (Å²) in [6, 6.07) is 24.0. The largest absolute Gasteiger partial charge is 0.505 e. The fourth-order valence-corrected chi connectivity index (χ4v) is 4.24. The molecule has 14 heteroatoms. The van der Waals surface area contributed by atoms with Crippen LogP contribution in [-0.2, 0) is 0 Å². The predicted octanol–water partition coefficient (Wildman–Crippen LogP) is 4.40. The fraction of sp³-hybridized carbons (Fsp3) is 0.0690. The molecule has 0 aliphatic carbocycles. The van der Waals surface area contributed by atoms with Gasteiger partial charge in [0.25, 0.3) is 0 Å². The van der Waals surface area contributed by atoms with Gasteiger partial charge in [0.1, 0.15) is 56.4 Å². The molecule has 14 nitrogen and oxygen atoms in total. The monoisotopic (exact) mass is 574 g/mol. The van der Waals surface area contributed by atoms with Crippen molar-refractivity contribution in [2.45, 2.75) is 0 Å². The first-order chi connectivity index (χ1) is 20.9. The first kappa shape index (κ1) is 25.6. The van der Waals surface area contributed by atoms with Crippen molar-refractivity contribution in [2.24, 2.45) is 0 Å². The van der Waals surface area contributed by atoms with E-state index in [9.17, 15) is 10.2 Å². The molecule has 0 atom stereocenters. The lowest BCUT2D eigenvalue weighted by Crippen LogP contribution is -2.14. The number of aromatic nitrogens is 9. The Morgan fingerprint density at radius 3 is 1.30 bits per heavy atom. The van der Waals surface area contributed by atoms with Crippen LogP contribution in [0.1, 0.15) is 0 Å².